The first-order valence-electron chi connectivity index (χ1n) is 7.92. The Balaban J connectivity index is 1.65. The van der Waals surface area contributed by atoms with Crippen LogP contribution in [0.1, 0.15) is 29.5 Å². The summed E-state index contributed by atoms with van der Waals surface area (Å²) in [7, 11) is 4.41. The van der Waals surface area contributed by atoms with Crippen molar-refractivity contribution in [1.29, 1.82) is 0 Å². The van der Waals surface area contributed by atoms with Gasteiger partial charge in [0.15, 0.2) is 0 Å². The predicted molar refractivity (Wildman–Crippen MR) is 83.8 cm³/mol. The number of likely N-dealkylation sites (tertiary alicyclic amines) is 1. The Labute approximate surface area is 123 Å². The second-order valence-electron chi connectivity index (χ2n) is 6.52. The Morgan fingerprint density at radius 3 is 3.05 bits per heavy atom. The quantitative estimate of drug-likeness (QED) is 0.907. The molecule has 110 valence electrons. The van der Waals surface area contributed by atoms with E-state index in [1.807, 2.05) is 0 Å². The van der Waals surface area contributed by atoms with E-state index in [2.05, 4.69) is 47.4 Å². The molecule has 1 aromatic carbocycles. The van der Waals surface area contributed by atoms with E-state index in [0.29, 0.717) is 0 Å². The lowest BCUT2D eigenvalue weighted by Crippen LogP contribution is -2.44. The minimum atomic E-state index is 0.725. The molecule has 1 fully saturated rings. The lowest BCUT2D eigenvalue weighted by atomic mass is 9.97. The molecule has 0 spiro atoms. The van der Waals surface area contributed by atoms with Gasteiger partial charge < -0.3 is 10.2 Å². The summed E-state index contributed by atoms with van der Waals surface area (Å²) in [5.41, 5.74) is 4.53. The molecule has 3 nitrogen and oxygen atoms in total. The van der Waals surface area contributed by atoms with Crippen molar-refractivity contribution in [3.63, 3.8) is 0 Å². The van der Waals surface area contributed by atoms with Crippen molar-refractivity contribution in [1.82, 2.24) is 15.1 Å². The van der Waals surface area contributed by atoms with Crippen molar-refractivity contribution < 1.29 is 0 Å². The van der Waals surface area contributed by atoms with Crippen molar-refractivity contribution >= 4 is 0 Å². The lowest BCUT2D eigenvalue weighted by molar-refractivity contribution is 0.128. The molecule has 0 bridgehead atoms. The number of fused-ring (bicyclic) bond motifs is 1. The largest absolute Gasteiger partial charge is 0.312 e. The fourth-order valence-electron chi connectivity index (χ4n) is 3.49. The van der Waals surface area contributed by atoms with Crippen LogP contribution in [0.2, 0.25) is 0 Å². The molecule has 3 rings (SSSR count). The normalized spacial score (nSPS) is 23.9. The molecule has 1 N–H and O–H groups in total. The molecule has 1 aromatic rings. The number of hydrogen-bond acceptors (Lipinski definition) is 3. The maximum absolute atomic E-state index is 3.47. The summed E-state index contributed by atoms with van der Waals surface area (Å²) >= 11 is 0. The molecule has 0 amide bonds. The van der Waals surface area contributed by atoms with Gasteiger partial charge in [0.2, 0.25) is 0 Å². The maximum atomic E-state index is 3.47. The Morgan fingerprint density at radius 2 is 2.20 bits per heavy atom. The molecule has 0 radical (unpaired) electrons. The molecule has 20 heavy (non-hydrogen) atoms. The first-order valence-corrected chi connectivity index (χ1v) is 7.92. The van der Waals surface area contributed by atoms with Gasteiger partial charge in [-0.15, -0.1) is 0 Å². The van der Waals surface area contributed by atoms with Gasteiger partial charge in [-0.05, 0) is 63.1 Å². The van der Waals surface area contributed by atoms with Gasteiger partial charge in [-0.25, -0.2) is 0 Å². The zero-order valence-corrected chi connectivity index (χ0v) is 12.9. The number of nitrogens with one attached hydrogen (secondary N) is 1. The van der Waals surface area contributed by atoms with Gasteiger partial charge in [0.1, 0.15) is 0 Å². The molecule has 2 heterocycles. The highest BCUT2D eigenvalue weighted by Gasteiger charge is 2.21. The number of likely N-dealkylation sites (N-methyl/N-ethyl adjacent to an activating group) is 1. The smallest absolute Gasteiger partial charge is 0.0234 e. The van der Waals surface area contributed by atoms with Crippen molar-refractivity contribution in [2.24, 2.45) is 0 Å². The van der Waals surface area contributed by atoms with Crippen LogP contribution in [0.25, 0.3) is 0 Å². The van der Waals surface area contributed by atoms with Gasteiger partial charge in [0.25, 0.3) is 0 Å². The Hall–Kier alpha value is -0.900. The van der Waals surface area contributed by atoms with Gasteiger partial charge in [-0.1, -0.05) is 18.2 Å². The summed E-state index contributed by atoms with van der Waals surface area (Å²) in [5.74, 6) is 0. The van der Waals surface area contributed by atoms with E-state index in [1.165, 1.54) is 49.0 Å². The van der Waals surface area contributed by atoms with E-state index < -0.39 is 0 Å². The first kappa shape index (κ1) is 14.1. The number of benzene rings is 1. The molecule has 1 saturated heterocycles. The summed E-state index contributed by atoms with van der Waals surface area (Å²) < 4.78 is 0. The summed E-state index contributed by atoms with van der Waals surface area (Å²) in [6, 6.07) is 7.83. The number of rotatable bonds is 3. The van der Waals surface area contributed by atoms with Gasteiger partial charge >= 0.3 is 0 Å². The number of nitrogens with zero attached hydrogens (tertiary/aromatic N) is 2. The molecule has 0 aromatic heterocycles. The van der Waals surface area contributed by atoms with Crippen LogP contribution in [0, 0.1) is 0 Å². The molecule has 0 aliphatic carbocycles. The SMILES string of the molecule is CN(C)C1CCCN(Cc2ccc3c(c2)CNCC3)C1. The Morgan fingerprint density at radius 1 is 1.30 bits per heavy atom. The summed E-state index contributed by atoms with van der Waals surface area (Å²) in [6.45, 7) is 5.74. The first-order chi connectivity index (χ1) is 9.72. The highest BCUT2D eigenvalue weighted by Crippen LogP contribution is 2.20. The third kappa shape index (κ3) is 3.22. The molecule has 1 atom stereocenters. The van der Waals surface area contributed by atoms with E-state index in [0.717, 1.165) is 25.7 Å². The minimum Gasteiger partial charge on any atom is -0.312 e. The van der Waals surface area contributed by atoms with Crippen LogP contribution in [0.5, 0.6) is 0 Å². The second kappa shape index (κ2) is 6.25. The molecular formula is C17H27N3. The third-order valence-electron chi connectivity index (χ3n) is 4.77. The Bertz CT molecular complexity index is 456. The Kier molecular flexibility index (Phi) is 4.39. The number of hydrogen-bond donors (Lipinski definition) is 1. The molecule has 2 aliphatic rings. The monoisotopic (exact) mass is 273 g/mol. The molecule has 2 aliphatic heterocycles. The van der Waals surface area contributed by atoms with E-state index in [4.69, 9.17) is 0 Å². The summed E-state index contributed by atoms with van der Waals surface area (Å²) in [5, 5.41) is 3.47. The fourth-order valence-corrected chi connectivity index (χ4v) is 3.49. The van der Waals surface area contributed by atoms with Crippen LogP contribution in [0.15, 0.2) is 18.2 Å². The van der Waals surface area contributed by atoms with Gasteiger partial charge in [-0.2, -0.15) is 0 Å². The second-order valence-corrected chi connectivity index (χ2v) is 6.52. The van der Waals surface area contributed by atoms with Gasteiger partial charge in [0, 0.05) is 25.7 Å². The predicted octanol–water partition coefficient (Wildman–Crippen LogP) is 1.86. The topological polar surface area (TPSA) is 18.5 Å². The van der Waals surface area contributed by atoms with Crippen molar-refractivity contribution in [3.8, 4) is 0 Å². The van der Waals surface area contributed by atoms with Crippen LogP contribution >= 0.6 is 0 Å². The van der Waals surface area contributed by atoms with E-state index in [1.54, 1.807) is 0 Å². The highest BCUT2D eigenvalue weighted by atomic mass is 15.2. The molecule has 0 saturated carbocycles. The lowest BCUT2D eigenvalue weighted by Gasteiger charge is -2.36. The third-order valence-corrected chi connectivity index (χ3v) is 4.77. The average molecular weight is 273 g/mol. The zero-order valence-electron chi connectivity index (χ0n) is 12.9. The number of piperidine rings is 1. The highest BCUT2D eigenvalue weighted by molar-refractivity contribution is 5.33. The van der Waals surface area contributed by atoms with Gasteiger partial charge in [-0.3, -0.25) is 4.90 Å². The van der Waals surface area contributed by atoms with Crippen molar-refractivity contribution in [2.75, 3.05) is 33.7 Å². The summed E-state index contributed by atoms with van der Waals surface area (Å²) in [6.07, 6.45) is 3.86. The van der Waals surface area contributed by atoms with Crippen LogP contribution in [0.4, 0.5) is 0 Å². The van der Waals surface area contributed by atoms with E-state index in [-0.39, 0.29) is 0 Å². The fraction of sp³-hybridized carbons (Fsp3) is 0.647. The minimum absolute atomic E-state index is 0.725. The standard InChI is InChI=1S/C17H27N3/c1-19(2)17-4-3-9-20(13-17)12-14-5-6-15-7-8-18-11-16(15)10-14/h5-6,10,17-18H,3-4,7-9,11-13H2,1-2H3. The van der Waals surface area contributed by atoms with E-state index in [9.17, 15) is 0 Å². The van der Waals surface area contributed by atoms with Crippen LogP contribution in [0.3, 0.4) is 0 Å². The van der Waals surface area contributed by atoms with Crippen LogP contribution in [-0.4, -0.2) is 49.6 Å². The average Bonchev–Trinajstić information content (AvgIpc) is 2.47. The molecule has 1 unspecified atom stereocenters. The van der Waals surface area contributed by atoms with Gasteiger partial charge in [0.05, 0.1) is 0 Å². The van der Waals surface area contributed by atoms with Crippen molar-refractivity contribution in [3.05, 3.63) is 34.9 Å². The van der Waals surface area contributed by atoms with Crippen LogP contribution < -0.4 is 5.32 Å². The van der Waals surface area contributed by atoms with Crippen molar-refractivity contribution in [2.45, 2.75) is 38.4 Å². The molecular weight excluding hydrogens is 246 g/mol. The maximum Gasteiger partial charge on any atom is 0.0234 e. The molecule has 3 heteroatoms. The van der Waals surface area contributed by atoms with Crippen LogP contribution in [-0.2, 0) is 19.5 Å². The summed E-state index contributed by atoms with van der Waals surface area (Å²) in [4.78, 5) is 5.00. The van der Waals surface area contributed by atoms with E-state index >= 15 is 0 Å². The zero-order chi connectivity index (χ0) is 13.9.